The second kappa shape index (κ2) is 9.53. The van der Waals surface area contributed by atoms with Crippen LogP contribution in [0.1, 0.15) is 48.6 Å². The van der Waals surface area contributed by atoms with E-state index in [0.29, 0.717) is 41.8 Å². The molecule has 26 heavy (non-hydrogen) atoms. The lowest BCUT2D eigenvalue weighted by Gasteiger charge is -2.18. The van der Waals surface area contributed by atoms with Crippen molar-refractivity contribution in [3.8, 4) is 11.5 Å². The van der Waals surface area contributed by atoms with E-state index in [-0.39, 0.29) is 5.91 Å². The zero-order valence-corrected chi connectivity index (χ0v) is 16.6. The van der Waals surface area contributed by atoms with Crippen LogP contribution in [-0.2, 0) is 6.54 Å². The van der Waals surface area contributed by atoms with Gasteiger partial charge < -0.3 is 18.8 Å². The number of hydrogen-bond acceptors (Lipinski definition) is 4. The molecule has 1 amide bonds. The summed E-state index contributed by atoms with van der Waals surface area (Å²) < 4.78 is 16.9. The smallest absolute Gasteiger partial charge is 0.254 e. The van der Waals surface area contributed by atoms with Gasteiger partial charge >= 0.3 is 0 Å². The standard InChI is InChI=1S/C20H26ClNO4/c1-5-7-10-25-19-17(21)11-15(12-18(19)24-6-2)20(23)22(4)13-16-9-8-14(3)26-16/h8-9,11-12H,5-7,10,13H2,1-4H3. The summed E-state index contributed by atoms with van der Waals surface area (Å²) in [7, 11) is 1.72. The Labute approximate surface area is 159 Å². The van der Waals surface area contributed by atoms with Crippen LogP contribution in [0.15, 0.2) is 28.7 Å². The summed E-state index contributed by atoms with van der Waals surface area (Å²) in [5.74, 6) is 2.36. The van der Waals surface area contributed by atoms with Gasteiger partial charge in [-0.1, -0.05) is 24.9 Å². The zero-order chi connectivity index (χ0) is 19.1. The molecule has 0 bridgehead atoms. The fourth-order valence-electron chi connectivity index (χ4n) is 2.51. The Hall–Kier alpha value is -2.14. The summed E-state index contributed by atoms with van der Waals surface area (Å²) in [4.78, 5) is 14.3. The molecule has 0 N–H and O–H groups in total. The average Bonchev–Trinajstić information content (AvgIpc) is 3.01. The predicted molar refractivity (Wildman–Crippen MR) is 102 cm³/mol. The minimum atomic E-state index is -0.165. The van der Waals surface area contributed by atoms with E-state index in [1.165, 1.54) is 0 Å². The number of amides is 1. The lowest BCUT2D eigenvalue weighted by molar-refractivity contribution is 0.0774. The first-order valence-electron chi connectivity index (χ1n) is 8.86. The molecule has 142 valence electrons. The van der Waals surface area contributed by atoms with Gasteiger partial charge in [-0.25, -0.2) is 0 Å². The number of ether oxygens (including phenoxy) is 2. The van der Waals surface area contributed by atoms with Crippen molar-refractivity contribution in [1.82, 2.24) is 4.90 Å². The van der Waals surface area contributed by atoms with E-state index in [9.17, 15) is 4.79 Å². The first-order chi connectivity index (χ1) is 12.5. The summed E-state index contributed by atoms with van der Waals surface area (Å²) in [6, 6.07) is 7.04. The second-order valence-electron chi connectivity index (χ2n) is 6.09. The van der Waals surface area contributed by atoms with Gasteiger partial charge in [0.05, 0.1) is 24.8 Å². The molecular weight excluding hydrogens is 354 g/mol. The normalized spacial score (nSPS) is 10.7. The third-order valence-corrected chi connectivity index (χ3v) is 4.12. The summed E-state index contributed by atoms with van der Waals surface area (Å²) in [6.45, 7) is 7.23. The molecule has 5 nitrogen and oxygen atoms in total. The summed E-state index contributed by atoms with van der Waals surface area (Å²) >= 11 is 6.37. The number of benzene rings is 1. The molecule has 0 radical (unpaired) electrons. The van der Waals surface area contributed by atoms with E-state index >= 15 is 0 Å². The molecule has 1 aromatic heterocycles. The maximum atomic E-state index is 12.8. The third kappa shape index (κ3) is 5.18. The van der Waals surface area contributed by atoms with Crippen LogP contribution >= 0.6 is 11.6 Å². The van der Waals surface area contributed by atoms with E-state index in [1.54, 1.807) is 24.1 Å². The van der Waals surface area contributed by atoms with Crippen molar-refractivity contribution in [2.24, 2.45) is 0 Å². The van der Waals surface area contributed by atoms with Crippen molar-refractivity contribution in [2.45, 2.75) is 40.2 Å². The number of unbranched alkanes of at least 4 members (excludes halogenated alkanes) is 1. The Morgan fingerprint density at radius 1 is 1.23 bits per heavy atom. The quantitative estimate of drug-likeness (QED) is 0.569. The van der Waals surface area contributed by atoms with Gasteiger partial charge in [-0.2, -0.15) is 0 Å². The van der Waals surface area contributed by atoms with E-state index in [2.05, 4.69) is 6.92 Å². The van der Waals surface area contributed by atoms with E-state index in [4.69, 9.17) is 25.5 Å². The van der Waals surface area contributed by atoms with Gasteiger partial charge in [-0.05, 0) is 44.5 Å². The molecule has 0 aliphatic rings. The van der Waals surface area contributed by atoms with E-state index < -0.39 is 0 Å². The highest BCUT2D eigenvalue weighted by Gasteiger charge is 2.19. The number of halogens is 1. The number of rotatable bonds is 9. The van der Waals surface area contributed by atoms with Crippen LogP contribution < -0.4 is 9.47 Å². The van der Waals surface area contributed by atoms with Gasteiger partial charge in [0, 0.05) is 12.6 Å². The minimum Gasteiger partial charge on any atom is -0.490 e. The molecule has 0 fully saturated rings. The lowest BCUT2D eigenvalue weighted by atomic mass is 10.1. The molecule has 1 heterocycles. The first-order valence-corrected chi connectivity index (χ1v) is 9.24. The van der Waals surface area contributed by atoms with Crippen molar-refractivity contribution in [1.29, 1.82) is 0 Å². The fraction of sp³-hybridized carbons (Fsp3) is 0.450. The molecular formula is C20H26ClNO4. The van der Waals surface area contributed by atoms with Crippen LogP contribution in [0.25, 0.3) is 0 Å². The van der Waals surface area contributed by atoms with Crippen LogP contribution in [0.3, 0.4) is 0 Å². The molecule has 0 aliphatic heterocycles. The van der Waals surface area contributed by atoms with Crippen LogP contribution in [-0.4, -0.2) is 31.1 Å². The van der Waals surface area contributed by atoms with Crippen molar-refractivity contribution in [2.75, 3.05) is 20.3 Å². The number of hydrogen-bond donors (Lipinski definition) is 0. The molecule has 0 saturated heterocycles. The van der Waals surface area contributed by atoms with E-state index in [0.717, 1.165) is 24.4 Å². The molecule has 0 unspecified atom stereocenters. The van der Waals surface area contributed by atoms with Gasteiger partial charge in [0.25, 0.3) is 5.91 Å². The summed E-state index contributed by atoms with van der Waals surface area (Å²) in [5.41, 5.74) is 0.451. The van der Waals surface area contributed by atoms with Gasteiger partial charge in [-0.3, -0.25) is 4.79 Å². The maximum absolute atomic E-state index is 12.8. The number of carbonyl (C=O) groups excluding carboxylic acids is 1. The highest BCUT2D eigenvalue weighted by molar-refractivity contribution is 6.32. The minimum absolute atomic E-state index is 0.165. The van der Waals surface area contributed by atoms with Crippen molar-refractivity contribution in [3.05, 3.63) is 46.4 Å². The van der Waals surface area contributed by atoms with Crippen molar-refractivity contribution >= 4 is 17.5 Å². The van der Waals surface area contributed by atoms with Crippen molar-refractivity contribution < 1.29 is 18.7 Å². The van der Waals surface area contributed by atoms with Gasteiger partial charge in [0.15, 0.2) is 11.5 Å². The zero-order valence-electron chi connectivity index (χ0n) is 15.8. The fourth-order valence-corrected chi connectivity index (χ4v) is 2.77. The summed E-state index contributed by atoms with van der Waals surface area (Å²) in [6.07, 6.45) is 1.95. The molecule has 1 aromatic carbocycles. The lowest BCUT2D eigenvalue weighted by Crippen LogP contribution is -2.26. The SMILES string of the molecule is CCCCOc1c(Cl)cc(C(=O)N(C)Cc2ccc(C)o2)cc1OCC. The van der Waals surface area contributed by atoms with Crippen molar-refractivity contribution in [3.63, 3.8) is 0 Å². The van der Waals surface area contributed by atoms with Crippen LogP contribution in [0, 0.1) is 6.92 Å². The van der Waals surface area contributed by atoms with Gasteiger partial charge in [0.2, 0.25) is 0 Å². The Kier molecular flexibility index (Phi) is 7.39. The number of nitrogens with zero attached hydrogens (tertiary/aromatic N) is 1. The average molecular weight is 380 g/mol. The molecule has 0 spiro atoms. The maximum Gasteiger partial charge on any atom is 0.254 e. The van der Waals surface area contributed by atoms with Crippen LogP contribution in [0.4, 0.5) is 0 Å². The number of aryl methyl sites for hydroxylation is 1. The molecule has 6 heteroatoms. The largest absolute Gasteiger partial charge is 0.490 e. The first kappa shape index (κ1) is 20.2. The highest BCUT2D eigenvalue weighted by Crippen LogP contribution is 2.37. The number of furan rings is 1. The Morgan fingerprint density at radius 3 is 2.62 bits per heavy atom. The Morgan fingerprint density at radius 2 is 2.00 bits per heavy atom. The summed E-state index contributed by atoms with van der Waals surface area (Å²) in [5, 5.41) is 0.373. The van der Waals surface area contributed by atoms with Crippen LogP contribution in [0.2, 0.25) is 5.02 Å². The highest BCUT2D eigenvalue weighted by atomic mass is 35.5. The molecule has 0 aliphatic carbocycles. The molecule has 2 aromatic rings. The van der Waals surface area contributed by atoms with E-state index in [1.807, 2.05) is 26.0 Å². The molecule has 2 rings (SSSR count). The van der Waals surface area contributed by atoms with Gasteiger partial charge in [-0.15, -0.1) is 0 Å². The topological polar surface area (TPSA) is 51.9 Å². The van der Waals surface area contributed by atoms with Gasteiger partial charge in [0.1, 0.15) is 11.5 Å². The molecule has 0 atom stereocenters. The monoisotopic (exact) mass is 379 g/mol. The molecule has 0 saturated carbocycles. The number of carbonyl (C=O) groups is 1. The third-order valence-electron chi connectivity index (χ3n) is 3.84. The Balaban J connectivity index is 2.20. The van der Waals surface area contributed by atoms with Crippen LogP contribution in [0.5, 0.6) is 11.5 Å². The second-order valence-corrected chi connectivity index (χ2v) is 6.50. The predicted octanol–water partition coefficient (Wildman–Crippen LogP) is 5.09. The Bertz CT molecular complexity index is 741.